The van der Waals surface area contributed by atoms with E-state index in [-0.39, 0.29) is 0 Å². The number of nitrogens with one attached hydrogen (secondary N) is 1. The first-order chi connectivity index (χ1) is 8.04. The number of phenolic OH excluding ortho intramolecular Hbond substituents is 1. The minimum absolute atomic E-state index is 0.340. The number of aryl methyl sites for hydroxylation is 1. The number of aromatic hydroxyl groups is 1. The fourth-order valence-corrected chi connectivity index (χ4v) is 1.80. The molecule has 0 bridgehead atoms. The lowest BCUT2D eigenvalue weighted by Crippen LogP contribution is -2.02. The smallest absolute Gasteiger partial charge is 0.231 e. The van der Waals surface area contributed by atoms with Gasteiger partial charge in [-0.3, -0.25) is 0 Å². The molecule has 17 heavy (non-hydrogen) atoms. The molecule has 0 spiro atoms. The van der Waals surface area contributed by atoms with Crippen molar-refractivity contribution in [2.24, 2.45) is 0 Å². The predicted octanol–water partition coefficient (Wildman–Crippen LogP) is 2.37. The average molecular weight is 346 g/mol. The summed E-state index contributed by atoms with van der Waals surface area (Å²) in [6.07, 6.45) is 0. The van der Waals surface area contributed by atoms with E-state index in [0.29, 0.717) is 21.3 Å². The summed E-state index contributed by atoms with van der Waals surface area (Å²) in [7, 11) is 0. The lowest BCUT2D eigenvalue weighted by molar-refractivity contribution is 0.432. The molecule has 2 N–H and O–H groups in total. The van der Waals surface area contributed by atoms with Gasteiger partial charge < -0.3 is 10.4 Å². The maximum atomic E-state index is 13.1. The van der Waals surface area contributed by atoms with E-state index in [9.17, 15) is 4.39 Å². The topological polar surface area (TPSA) is 70.9 Å². The largest absolute Gasteiger partial charge is 0.505 e. The van der Waals surface area contributed by atoms with E-state index in [1.165, 1.54) is 18.2 Å². The number of nitrogens with zero attached hydrogens (tertiary/aromatic N) is 3. The molecule has 1 aromatic heterocycles. The van der Waals surface area contributed by atoms with Crippen molar-refractivity contribution in [1.29, 1.82) is 0 Å². The van der Waals surface area contributed by atoms with E-state index in [0.717, 1.165) is 0 Å². The second-order valence-corrected chi connectivity index (χ2v) is 4.23. The van der Waals surface area contributed by atoms with Crippen molar-refractivity contribution in [3.8, 4) is 5.75 Å². The Balaban J connectivity index is 2.28. The van der Waals surface area contributed by atoms with Crippen LogP contribution in [0, 0.1) is 16.6 Å². The molecule has 0 saturated heterocycles. The molecule has 0 fully saturated rings. The zero-order valence-corrected chi connectivity index (χ0v) is 10.9. The van der Waals surface area contributed by atoms with Crippen molar-refractivity contribution in [2.75, 3.05) is 5.32 Å². The standard InChI is InChI=1S/C10H8FIN4O/c1-5-13-9(12)16-10(14-5)15-6-2-3-8(17)7(11)4-6/h2-4,17H,1H3,(H,13,14,15,16). The normalized spacial score (nSPS) is 10.3. The molecule has 1 heterocycles. The number of rotatable bonds is 2. The van der Waals surface area contributed by atoms with E-state index in [1.807, 2.05) is 22.6 Å². The Morgan fingerprint density at radius 1 is 1.29 bits per heavy atom. The van der Waals surface area contributed by atoms with Crippen LogP contribution in [0.2, 0.25) is 0 Å². The monoisotopic (exact) mass is 346 g/mol. The highest BCUT2D eigenvalue weighted by Gasteiger charge is 2.05. The van der Waals surface area contributed by atoms with Gasteiger partial charge >= 0.3 is 0 Å². The predicted molar refractivity (Wildman–Crippen MR) is 68.6 cm³/mol. The molecule has 2 rings (SSSR count). The summed E-state index contributed by atoms with van der Waals surface area (Å²) in [5, 5.41) is 11.9. The first-order valence-electron chi connectivity index (χ1n) is 4.68. The summed E-state index contributed by atoms with van der Waals surface area (Å²) in [5.41, 5.74) is 0.460. The molecular weight excluding hydrogens is 338 g/mol. The molecule has 1 aromatic carbocycles. The highest BCUT2D eigenvalue weighted by atomic mass is 127. The van der Waals surface area contributed by atoms with E-state index < -0.39 is 11.6 Å². The number of anilines is 2. The molecule has 0 aliphatic heterocycles. The van der Waals surface area contributed by atoms with Crippen molar-refractivity contribution in [3.63, 3.8) is 0 Å². The Morgan fingerprint density at radius 2 is 2.06 bits per heavy atom. The van der Waals surface area contributed by atoms with E-state index >= 15 is 0 Å². The van der Waals surface area contributed by atoms with Crippen LogP contribution in [-0.4, -0.2) is 20.1 Å². The van der Waals surface area contributed by atoms with Crippen LogP contribution in [0.3, 0.4) is 0 Å². The maximum absolute atomic E-state index is 13.1. The maximum Gasteiger partial charge on any atom is 0.231 e. The van der Waals surface area contributed by atoms with Crippen molar-refractivity contribution >= 4 is 34.2 Å². The van der Waals surface area contributed by atoms with Gasteiger partial charge in [0.2, 0.25) is 5.95 Å². The molecule has 2 aromatic rings. The first-order valence-corrected chi connectivity index (χ1v) is 5.76. The van der Waals surface area contributed by atoms with Crippen LogP contribution in [0.1, 0.15) is 5.82 Å². The van der Waals surface area contributed by atoms with Gasteiger partial charge in [0.05, 0.1) is 0 Å². The molecule has 0 radical (unpaired) electrons. The number of phenols is 1. The van der Waals surface area contributed by atoms with Gasteiger partial charge in [0.15, 0.2) is 15.4 Å². The van der Waals surface area contributed by atoms with Crippen LogP contribution >= 0.6 is 22.6 Å². The third-order valence-electron chi connectivity index (χ3n) is 1.92. The van der Waals surface area contributed by atoms with E-state index in [4.69, 9.17) is 5.11 Å². The van der Waals surface area contributed by atoms with Crippen molar-refractivity contribution in [3.05, 3.63) is 33.7 Å². The summed E-state index contributed by atoms with van der Waals surface area (Å²) in [6.45, 7) is 1.74. The fourth-order valence-electron chi connectivity index (χ4n) is 1.22. The second-order valence-electron chi connectivity index (χ2n) is 3.27. The summed E-state index contributed by atoms with van der Waals surface area (Å²) < 4.78 is 13.6. The van der Waals surface area contributed by atoms with Gasteiger partial charge in [-0.15, -0.1) is 0 Å². The van der Waals surface area contributed by atoms with Crippen LogP contribution in [0.15, 0.2) is 18.2 Å². The Morgan fingerprint density at radius 3 is 2.71 bits per heavy atom. The van der Waals surface area contributed by atoms with E-state index in [1.54, 1.807) is 6.92 Å². The zero-order chi connectivity index (χ0) is 12.4. The molecule has 88 valence electrons. The Hall–Kier alpha value is -1.51. The molecule has 5 nitrogen and oxygen atoms in total. The van der Waals surface area contributed by atoms with Crippen molar-refractivity contribution in [2.45, 2.75) is 6.92 Å². The third-order valence-corrected chi connectivity index (χ3v) is 2.41. The molecule has 0 aliphatic carbocycles. The highest BCUT2D eigenvalue weighted by Crippen LogP contribution is 2.21. The quantitative estimate of drug-likeness (QED) is 0.645. The number of benzene rings is 1. The number of hydrogen-bond acceptors (Lipinski definition) is 5. The van der Waals surface area contributed by atoms with Gasteiger partial charge in [0.25, 0.3) is 0 Å². The van der Waals surface area contributed by atoms with Crippen LogP contribution < -0.4 is 5.32 Å². The summed E-state index contributed by atoms with van der Waals surface area (Å²) in [6, 6.07) is 3.96. The Bertz CT molecular complexity index is 544. The van der Waals surface area contributed by atoms with Crippen LogP contribution in [0.5, 0.6) is 5.75 Å². The molecule has 0 atom stereocenters. The Kier molecular flexibility index (Phi) is 3.36. The number of halogens is 2. The lowest BCUT2D eigenvalue weighted by atomic mass is 10.3. The van der Waals surface area contributed by atoms with Gasteiger partial charge in [-0.25, -0.2) is 9.37 Å². The Labute approximate surface area is 110 Å². The summed E-state index contributed by atoms with van der Waals surface area (Å²) >= 11 is 1.97. The average Bonchev–Trinajstić information content (AvgIpc) is 2.22. The lowest BCUT2D eigenvalue weighted by Gasteiger charge is -2.06. The minimum atomic E-state index is -0.699. The van der Waals surface area contributed by atoms with Crippen molar-refractivity contribution in [1.82, 2.24) is 15.0 Å². The van der Waals surface area contributed by atoms with Gasteiger partial charge in [-0.05, 0) is 19.1 Å². The molecule has 0 aliphatic rings. The van der Waals surface area contributed by atoms with Gasteiger partial charge in [0.1, 0.15) is 5.82 Å². The second kappa shape index (κ2) is 4.78. The zero-order valence-electron chi connectivity index (χ0n) is 8.78. The molecular formula is C10H8FIN4O. The third kappa shape index (κ3) is 2.99. The fraction of sp³-hybridized carbons (Fsp3) is 0.100. The SMILES string of the molecule is Cc1nc(I)nc(Nc2ccc(O)c(F)c2)n1. The van der Waals surface area contributed by atoms with E-state index in [2.05, 4.69) is 20.3 Å². The van der Waals surface area contributed by atoms with Gasteiger partial charge in [-0.1, -0.05) is 0 Å². The summed E-state index contributed by atoms with van der Waals surface area (Å²) in [4.78, 5) is 12.1. The van der Waals surface area contributed by atoms with Crippen molar-refractivity contribution < 1.29 is 9.50 Å². The number of hydrogen-bond donors (Lipinski definition) is 2. The van der Waals surface area contributed by atoms with Crippen LogP contribution in [-0.2, 0) is 0 Å². The highest BCUT2D eigenvalue weighted by molar-refractivity contribution is 14.1. The molecule has 0 saturated carbocycles. The molecule has 0 unspecified atom stereocenters. The first kappa shape index (κ1) is 12.0. The molecule has 0 amide bonds. The van der Waals surface area contributed by atoms with Crippen LogP contribution in [0.4, 0.5) is 16.0 Å². The van der Waals surface area contributed by atoms with Crippen LogP contribution in [0.25, 0.3) is 0 Å². The summed E-state index contributed by atoms with van der Waals surface area (Å²) in [5.74, 6) is -0.175. The molecule has 7 heteroatoms. The van der Waals surface area contributed by atoms with Gasteiger partial charge in [0, 0.05) is 34.3 Å². The number of aromatic nitrogens is 3. The minimum Gasteiger partial charge on any atom is -0.505 e. The van der Waals surface area contributed by atoms with Gasteiger partial charge in [-0.2, -0.15) is 9.97 Å².